The van der Waals surface area contributed by atoms with Crippen LogP contribution in [0, 0.1) is 0 Å². The third kappa shape index (κ3) is 0.457. The van der Waals surface area contributed by atoms with Crippen molar-refractivity contribution in [1.82, 2.24) is 3.98 Å². The fourth-order valence-corrected chi connectivity index (χ4v) is 1.83. The normalized spacial score (nSPS) is 10.5. The van der Waals surface area contributed by atoms with Gasteiger partial charge < -0.3 is 0 Å². The van der Waals surface area contributed by atoms with Crippen molar-refractivity contribution >= 4 is 24.4 Å². The van der Waals surface area contributed by atoms with Crippen molar-refractivity contribution in [1.29, 1.82) is 0 Å². The van der Waals surface area contributed by atoms with Gasteiger partial charge in [0.15, 0.2) is 0 Å². The monoisotopic (exact) mass is 173 g/mol. The van der Waals surface area contributed by atoms with E-state index < -0.39 is 0 Å². The summed E-state index contributed by atoms with van der Waals surface area (Å²) in [6.45, 7) is 0. The molecule has 0 unspecified atom stereocenters. The van der Waals surface area contributed by atoms with Crippen molar-refractivity contribution in [2.45, 2.75) is 0 Å². The fourth-order valence-electron chi connectivity index (χ4n) is 0.603. The first-order valence-electron chi connectivity index (χ1n) is 2.23. The van der Waals surface area contributed by atoms with Gasteiger partial charge in [-0.15, -0.1) is 0 Å². The van der Waals surface area contributed by atoms with Crippen molar-refractivity contribution in [2.24, 2.45) is 0 Å². The van der Waals surface area contributed by atoms with Crippen LogP contribution < -0.4 is 0 Å². The summed E-state index contributed by atoms with van der Waals surface area (Å²) >= 11 is 0.308. The van der Waals surface area contributed by atoms with Crippen molar-refractivity contribution in [3.8, 4) is 0 Å². The summed E-state index contributed by atoms with van der Waals surface area (Å²) in [5.74, 6) is 0. The zero-order valence-electron chi connectivity index (χ0n) is 4.00. The zero-order valence-corrected chi connectivity index (χ0v) is 5.71. The van der Waals surface area contributed by atoms with Crippen LogP contribution in [0.15, 0.2) is 23.1 Å². The Kier molecular flexibility index (Phi) is 0.801. The molecule has 0 saturated heterocycles. The van der Waals surface area contributed by atoms with Gasteiger partial charge in [-0.2, -0.15) is 0 Å². The van der Waals surface area contributed by atoms with Gasteiger partial charge in [0.1, 0.15) is 0 Å². The molecule has 0 N–H and O–H groups in total. The molecule has 2 aromatic heterocycles. The zero-order chi connectivity index (χ0) is 5.40. The Morgan fingerprint density at radius 2 is 2.50 bits per heavy atom. The van der Waals surface area contributed by atoms with E-state index in [4.69, 9.17) is 4.42 Å². The van der Waals surface area contributed by atoms with E-state index in [2.05, 4.69) is 3.98 Å². The molecular weight excluding hydrogens is 169 g/mol. The molecule has 0 radical (unpaired) electrons. The van der Waals surface area contributed by atoms with E-state index in [-0.39, 0.29) is 0 Å². The Morgan fingerprint density at radius 3 is 3.38 bits per heavy atom. The third-order valence-corrected chi connectivity index (χ3v) is 2.55. The molecule has 2 heterocycles. The van der Waals surface area contributed by atoms with Crippen LogP contribution in [0.5, 0.6) is 0 Å². The molecule has 0 aromatic carbocycles. The predicted molar refractivity (Wildman–Crippen MR) is 30.9 cm³/mol. The molecule has 2 aromatic rings. The molecule has 0 atom stereocenters. The van der Waals surface area contributed by atoms with E-state index >= 15 is 0 Å². The average Bonchev–Trinajstić information content (AvgIpc) is 2.15. The minimum absolute atomic E-state index is 0.308. The Hall–Kier alpha value is -0.531. The van der Waals surface area contributed by atoms with Crippen LogP contribution in [0.2, 0.25) is 0 Å². The molecule has 40 valence electrons. The summed E-state index contributed by atoms with van der Waals surface area (Å²) in [6.07, 6.45) is 5.36. The molecule has 0 saturated carbocycles. The molecule has 0 aliphatic carbocycles. The maximum absolute atomic E-state index is 4.91. The van der Waals surface area contributed by atoms with Crippen LogP contribution in [0.1, 0.15) is 0 Å². The second-order valence-corrected chi connectivity index (χ2v) is 3.27. The van der Waals surface area contributed by atoms with Crippen LogP contribution in [-0.2, 0) is 0 Å². The van der Waals surface area contributed by atoms with Gasteiger partial charge in [0.25, 0.3) is 0 Å². The molecule has 2 rings (SSSR count). The SMILES string of the molecule is c1n[se]c2cocc12. The van der Waals surface area contributed by atoms with Gasteiger partial charge in [0.2, 0.25) is 0 Å². The maximum atomic E-state index is 4.91. The van der Waals surface area contributed by atoms with Crippen LogP contribution >= 0.6 is 0 Å². The Balaban J connectivity index is 3.06. The summed E-state index contributed by atoms with van der Waals surface area (Å²) in [7, 11) is 0. The van der Waals surface area contributed by atoms with Gasteiger partial charge in [-0.1, -0.05) is 0 Å². The molecule has 2 nitrogen and oxygen atoms in total. The van der Waals surface area contributed by atoms with Gasteiger partial charge in [0, 0.05) is 0 Å². The summed E-state index contributed by atoms with van der Waals surface area (Å²) < 4.78 is 10.3. The summed E-state index contributed by atoms with van der Waals surface area (Å²) in [5, 5.41) is 1.16. The first kappa shape index (κ1) is 4.36. The predicted octanol–water partition coefficient (Wildman–Crippen LogP) is 0.885. The van der Waals surface area contributed by atoms with Crippen LogP contribution in [-0.4, -0.2) is 18.7 Å². The Bertz CT molecular complexity index is 234. The molecule has 0 amide bonds. The van der Waals surface area contributed by atoms with Crippen molar-refractivity contribution < 1.29 is 4.42 Å². The van der Waals surface area contributed by atoms with E-state index in [1.807, 2.05) is 6.20 Å². The van der Waals surface area contributed by atoms with Crippen molar-refractivity contribution in [3.05, 3.63) is 18.7 Å². The van der Waals surface area contributed by atoms with E-state index in [9.17, 15) is 0 Å². The van der Waals surface area contributed by atoms with E-state index in [0.717, 1.165) is 5.39 Å². The van der Waals surface area contributed by atoms with Crippen LogP contribution in [0.3, 0.4) is 0 Å². The minimum atomic E-state index is 0.308. The van der Waals surface area contributed by atoms with Gasteiger partial charge in [-0.3, -0.25) is 0 Å². The topological polar surface area (TPSA) is 26.0 Å². The van der Waals surface area contributed by atoms with Crippen molar-refractivity contribution in [2.75, 3.05) is 0 Å². The van der Waals surface area contributed by atoms with Gasteiger partial charge in [-0.25, -0.2) is 0 Å². The number of hydrogen-bond donors (Lipinski definition) is 0. The number of nitrogens with zero attached hydrogens (tertiary/aromatic N) is 1. The average molecular weight is 172 g/mol. The first-order chi connectivity index (χ1) is 3.97. The van der Waals surface area contributed by atoms with Crippen LogP contribution in [0.4, 0.5) is 0 Å². The second-order valence-electron chi connectivity index (χ2n) is 1.52. The molecule has 0 spiro atoms. The number of furan rings is 1. The number of fused-ring (bicyclic) bond motifs is 1. The van der Waals surface area contributed by atoms with Crippen LogP contribution in [0.25, 0.3) is 9.65 Å². The molecular formula is C5H3NOSe. The molecule has 0 fully saturated rings. The van der Waals surface area contributed by atoms with Crippen molar-refractivity contribution in [3.63, 3.8) is 0 Å². The van der Waals surface area contributed by atoms with Gasteiger partial charge in [0.05, 0.1) is 0 Å². The Labute approximate surface area is 52.1 Å². The van der Waals surface area contributed by atoms with E-state index in [1.54, 1.807) is 12.5 Å². The van der Waals surface area contributed by atoms with E-state index in [0.29, 0.717) is 14.7 Å². The summed E-state index contributed by atoms with van der Waals surface area (Å²) in [4.78, 5) is 0. The number of hydrogen-bond acceptors (Lipinski definition) is 2. The summed E-state index contributed by atoms with van der Waals surface area (Å²) in [6, 6.07) is 0. The standard InChI is InChI=1S/C5H3NOSe/c1-4-2-7-3-5(4)8-6-1/h1-3H. The first-order valence-corrected chi connectivity index (χ1v) is 3.85. The number of aromatic nitrogens is 1. The second kappa shape index (κ2) is 1.47. The molecule has 0 aliphatic heterocycles. The molecule has 3 heteroatoms. The van der Waals surface area contributed by atoms with Gasteiger partial charge >= 0.3 is 51.5 Å². The summed E-state index contributed by atoms with van der Waals surface area (Å²) in [5.41, 5.74) is 0. The molecule has 8 heavy (non-hydrogen) atoms. The third-order valence-electron chi connectivity index (χ3n) is 0.997. The van der Waals surface area contributed by atoms with Gasteiger partial charge in [-0.05, 0) is 0 Å². The van der Waals surface area contributed by atoms with E-state index in [1.165, 1.54) is 4.26 Å². The quantitative estimate of drug-likeness (QED) is 0.551. The Morgan fingerprint density at radius 1 is 1.50 bits per heavy atom. The molecule has 0 bridgehead atoms. The molecule has 0 aliphatic rings. The fraction of sp³-hybridized carbons (Fsp3) is 0. The number of rotatable bonds is 0.